The SMILES string of the molecule is C=C(N=C(N=C(C)c1ccc(-c2cccc3ccccc23)cc1)c1ccccc1-c1ccc2cc(-c3ccc4ccccc4c3)ccc2c1)c1ccccc1. The number of fused-ring (bicyclic) bond motifs is 3. The van der Waals surface area contributed by atoms with Gasteiger partial charge in [-0.3, -0.25) is 0 Å². The molecule has 0 aliphatic heterocycles. The van der Waals surface area contributed by atoms with E-state index in [0.717, 1.165) is 33.5 Å². The molecule has 0 aromatic heterocycles. The zero-order valence-electron chi connectivity index (χ0n) is 30.7. The van der Waals surface area contributed by atoms with E-state index < -0.39 is 0 Å². The molecule has 0 aliphatic rings. The summed E-state index contributed by atoms with van der Waals surface area (Å²) in [5, 5.41) is 7.34. The molecule has 55 heavy (non-hydrogen) atoms. The van der Waals surface area contributed by atoms with Crippen LogP contribution in [0.4, 0.5) is 0 Å². The summed E-state index contributed by atoms with van der Waals surface area (Å²) in [6.45, 7) is 6.43. The first-order valence-corrected chi connectivity index (χ1v) is 18.7. The van der Waals surface area contributed by atoms with E-state index >= 15 is 0 Å². The number of nitrogens with zero attached hydrogens (tertiary/aromatic N) is 2. The highest BCUT2D eigenvalue weighted by atomic mass is 14.9. The van der Waals surface area contributed by atoms with Gasteiger partial charge in [0.2, 0.25) is 0 Å². The number of aliphatic imine (C=N–C) groups is 2. The summed E-state index contributed by atoms with van der Waals surface area (Å²) < 4.78 is 0. The molecule has 2 nitrogen and oxygen atoms in total. The minimum Gasteiger partial charge on any atom is -0.233 e. The number of rotatable bonds is 7. The summed E-state index contributed by atoms with van der Waals surface area (Å²) in [4.78, 5) is 10.4. The topological polar surface area (TPSA) is 24.7 Å². The van der Waals surface area contributed by atoms with Gasteiger partial charge in [0.05, 0.1) is 5.70 Å². The van der Waals surface area contributed by atoms with Crippen molar-refractivity contribution in [1.82, 2.24) is 0 Å². The zero-order valence-corrected chi connectivity index (χ0v) is 30.7. The summed E-state index contributed by atoms with van der Waals surface area (Å²) in [5.74, 6) is 0.617. The Morgan fingerprint density at radius 2 is 0.909 bits per heavy atom. The fraction of sp³-hybridized carbons (Fsp3) is 0.0189. The lowest BCUT2D eigenvalue weighted by Crippen LogP contribution is -2.06. The third-order valence-electron chi connectivity index (χ3n) is 10.4. The monoisotopic (exact) mass is 702 g/mol. The van der Waals surface area contributed by atoms with Crippen LogP contribution in [0.25, 0.3) is 71.4 Å². The molecule has 0 aliphatic carbocycles. The average Bonchev–Trinajstić information content (AvgIpc) is 3.25. The van der Waals surface area contributed by atoms with Crippen molar-refractivity contribution in [3.8, 4) is 33.4 Å². The molecule has 0 spiro atoms. The van der Waals surface area contributed by atoms with Gasteiger partial charge in [-0.25, -0.2) is 9.98 Å². The maximum absolute atomic E-state index is 5.26. The van der Waals surface area contributed by atoms with Gasteiger partial charge in [-0.05, 0) is 102 Å². The molecule has 0 saturated carbocycles. The zero-order chi connectivity index (χ0) is 37.1. The maximum Gasteiger partial charge on any atom is 0.160 e. The van der Waals surface area contributed by atoms with Gasteiger partial charge in [0.25, 0.3) is 0 Å². The quantitative estimate of drug-likeness (QED) is 0.117. The molecule has 2 heteroatoms. The lowest BCUT2D eigenvalue weighted by atomic mass is 9.94. The van der Waals surface area contributed by atoms with Gasteiger partial charge in [0, 0.05) is 11.3 Å². The smallest absolute Gasteiger partial charge is 0.160 e. The fourth-order valence-electron chi connectivity index (χ4n) is 7.45. The third kappa shape index (κ3) is 6.90. The highest BCUT2D eigenvalue weighted by Gasteiger charge is 2.14. The molecule has 0 atom stereocenters. The van der Waals surface area contributed by atoms with E-state index in [-0.39, 0.29) is 0 Å². The Morgan fingerprint density at radius 1 is 0.382 bits per heavy atom. The number of benzene rings is 9. The van der Waals surface area contributed by atoms with Gasteiger partial charge < -0.3 is 0 Å². The van der Waals surface area contributed by atoms with Crippen LogP contribution in [0.2, 0.25) is 0 Å². The summed E-state index contributed by atoms with van der Waals surface area (Å²) in [6.07, 6.45) is 0. The molecule has 0 amide bonds. The van der Waals surface area contributed by atoms with Crippen LogP contribution in [0, 0.1) is 0 Å². The Morgan fingerprint density at radius 3 is 1.67 bits per heavy atom. The Balaban J connectivity index is 1.09. The molecule has 9 aromatic rings. The first-order valence-electron chi connectivity index (χ1n) is 18.7. The number of amidine groups is 1. The van der Waals surface area contributed by atoms with Crippen LogP contribution in [-0.2, 0) is 0 Å². The van der Waals surface area contributed by atoms with Crippen LogP contribution in [0.5, 0.6) is 0 Å². The Hall–Kier alpha value is -7.16. The molecule has 0 radical (unpaired) electrons. The van der Waals surface area contributed by atoms with Gasteiger partial charge in [-0.1, -0.05) is 189 Å². The Bertz CT molecular complexity index is 2930. The highest BCUT2D eigenvalue weighted by molar-refractivity contribution is 6.15. The minimum atomic E-state index is 0.617. The molecule has 0 unspecified atom stereocenters. The largest absolute Gasteiger partial charge is 0.233 e. The molecule has 0 saturated heterocycles. The maximum atomic E-state index is 5.26. The molecule has 0 fully saturated rings. The van der Waals surface area contributed by atoms with E-state index in [9.17, 15) is 0 Å². The third-order valence-corrected chi connectivity index (χ3v) is 10.4. The second-order valence-electron chi connectivity index (χ2n) is 13.9. The van der Waals surface area contributed by atoms with Gasteiger partial charge >= 0.3 is 0 Å². The first kappa shape index (κ1) is 33.7. The van der Waals surface area contributed by atoms with Crippen molar-refractivity contribution in [3.63, 3.8) is 0 Å². The Labute approximate surface area is 322 Å². The lowest BCUT2D eigenvalue weighted by Gasteiger charge is -2.13. The van der Waals surface area contributed by atoms with Crippen LogP contribution >= 0.6 is 0 Å². The van der Waals surface area contributed by atoms with Crippen molar-refractivity contribution in [2.24, 2.45) is 9.98 Å². The van der Waals surface area contributed by atoms with Crippen LogP contribution in [-0.4, -0.2) is 11.5 Å². The van der Waals surface area contributed by atoms with E-state index in [2.05, 4.69) is 183 Å². The van der Waals surface area contributed by atoms with Gasteiger partial charge in [0.15, 0.2) is 5.84 Å². The van der Waals surface area contributed by atoms with Crippen molar-refractivity contribution in [3.05, 3.63) is 223 Å². The molecule has 0 heterocycles. The molecule has 260 valence electrons. The molecule has 9 rings (SSSR count). The van der Waals surface area contributed by atoms with Crippen LogP contribution in [0.1, 0.15) is 23.6 Å². The molecular weight excluding hydrogens is 665 g/mol. The van der Waals surface area contributed by atoms with Crippen molar-refractivity contribution in [2.45, 2.75) is 6.92 Å². The normalized spacial score (nSPS) is 12.0. The van der Waals surface area contributed by atoms with Gasteiger partial charge in [0.1, 0.15) is 0 Å². The predicted octanol–water partition coefficient (Wildman–Crippen LogP) is 14.1. The number of hydrogen-bond acceptors (Lipinski definition) is 1. The van der Waals surface area contributed by atoms with E-state index in [4.69, 9.17) is 9.98 Å². The number of hydrogen-bond donors (Lipinski definition) is 0. The van der Waals surface area contributed by atoms with Crippen molar-refractivity contribution >= 4 is 49.6 Å². The molecule has 9 aromatic carbocycles. The van der Waals surface area contributed by atoms with Crippen LogP contribution < -0.4 is 0 Å². The highest BCUT2D eigenvalue weighted by Crippen LogP contribution is 2.33. The van der Waals surface area contributed by atoms with Gasteiger partial charge in [-0.2, -0.15) is 0 Å². The Kier molecular flexibility index (Phi) is 8.99. The predicted molar refractivity (Wildman–Crippen MR) is 236 cm³/mol. The van der Waals surface area contributed by atoms with Crippen LogP contribution in [0.15, 0.2) is 217 Å². The van der Waals surface area contributed by atoms with Crippen LogP contribution in [0.3, 0.4) is 0 Å². The van der Waals surface area contributed by atoms with E-state index in [1.807, 2.05) is 30.3 Å². The van der Waals surface area contributed by atoms with Crippen molar-refractivity contribution in [1.29, 1.82) is 0 Å². The van der Waals surface area contributed by atoms with E-state index in [0.29, 0.717) is 11.5 Å². The summed E-state index contributed by atoms with van der Waals surface area (Å²) in [7, 11) is 0. The molecule has 0 N–H and O–H groups in total. The van der Waals surface area contributed by atoms with E-state index in [1.165, 1.54) is 54.6 Å². The van der Waals surface area contributed by atoms with Crippen molar-refractivity contribution < 1.29 is 0 Å². The van der Waals surface area contributed by atoms with E-state index in [1.54, 1.807) is 0 Å². The molecular formula is C53H38N2. The summed E-state index contributed by atoms with van der Waals surface area (Å²) in [6, 6.07) is 70.8. The second kappa shape index (κ2) is 14.7. The fourth-order valence-corrected chi connectivity index (χ4v) is 7.45. The van der Waals surface area contributed by atoms with Crippen molar-refractivity contribution in [2.75, 3.05) is 0 Å². The summed E-state index contributed by atoms with van der Waals surface area (Å²) in [5.41, 5.74) is 11.4. The summed E-state index contributed by atoms with van der Waals surface area (Å²) >= 11 is 0. The second-order valence-corrected chi connectivity index (χ2v) is 13.9. The van der Waals surface area contributed by atoms with Gasteiger partial charge in [-0.15, -0.1) is 0 Å². The molecule has 0 bridgehead atoms. The average molecular weight is 703 g/mol. The lowest BCUT2D eigenvalue weighted by molar-refractivity contribution is 1.44. The first-order chi connectivity index (χ1) is 27.1. The minimum absolute atomic E-state index is 0.617. The standard InChI is InChI=1S/C53H38N2/c1-36(38-13-4-3-5-14-38)54-53(55-37(2)39-23-26-42(27-24-39)50-22-12-18-41-16-8-9-19-49(41)50)52-21-11-10-20-51(52)48-32-31-46-34-45(29-30-47(46)35-48)44-28-25-40-15-6-7-17-43(40)33-44/h3-35H,1H2,2H3.